The molecule has 1 fully saturated rings. The summed E-state index contributed by atoms with van der Waals surface area (Å²) >= 11 is 0. The minimum Gasteiger partial charge on any atom is -0.361 e. The third kappa shape index (κ3) is 4.31. The van der Waals surface area contributed by atoms with Crippen LogP contribution in [0.25, 0.3) is 5.65 Å². The molecule has 1 aliphatic rings. The SMILES string of the molecule is Cc1noc(C)c1C(=O)N1CCC(c2ccc(C(=O)NCc3ccn4ccnc4c3)cc2)CC1. The van der Waals surface area contributed by atoms with Crippen molar-refractivity contribution in [2.45, 2.75) is 39.2 Å². The van der Waals surface area contributed by atoms with Crippen LogP contribution in [0.2, 0.25) is 0 Å². The fourth-order valence-corrected chi connectivity index (χ4v) is 4.62. The number of aromatic nitrogens is 3. The molecule has 3 aromatic heterocycles. The number of nitrogens with one attached hydrogen (secondary N) is 1. The van der Waals surface area contributed by atoms with Crippen LogP contribution in [0.4, 0.5) is 0 Å². The first-order valence-electron chi connectivity index (χ1n) is 11.5. The lowest BCUT2D eigenvalue weighted by Crippen LogP contribution is -2.38. The van der Waals surface area contributed by atoms with E-state index in [1.54, 1.807) is 20.0 Å². The number of hydrogen-bond donors (Lipinski definition) is 1. The summed E-state index contributed by atoms with van der Waals surface area (Å²) in [5.74, 6) is 0.830. The second-order valence-electron chi connectivity index (χ2n) is 8.80. The Hall–Kier alpha value is -3.94. The Balaban J connectivity index is 1.16. The number of nitrogens with zero attached hydrogens (tertiary/aromatic N) is 4. The predicted octanol–water partition coefficient (Wildman–Crippen LogP) is 3.89. The Morgan fingerprint density at radius 2 is 1.85 bits per heavy atom. The van der Waals surface area contributed by atoms with Crippen molar-refractivity contribution < 1.29 is 14.1 Å². The summed E-state index contributed by atoms with van der Waals surface area (Å²) in [6, 6.07) is 11.8. The number of likely N-dealkylation sites (tertiary alicyclic amines) is 1. The maximum absolute atomic E-state index is 12.9. The number of carbonyl (C=O) groups is 2. The molecule has 5 rings (SSSR count). The van der Waals surface area contributed by atoms with Gasteiger partial charge in [0.1, 0.15) is 17.0 Å². The highest BCUT2D eigenvalue weighted by Gasteiger charge is 2.28. The van der Waals surface area contributed by atoms with Crippen molar-refractivity contribution in [2.75, 3.05) is 13.1 Å². The second kappa shape index (κ2) is 9.13. The summed E-state index contributed by atoms with van der Waals surface area (Å²) in [5, 5.41) is 6.88. The molecule has 0 unspecified atom stereocenters. The van der Waals surface area contributed by atoms with Crippen LogP contribution in [0.5, 0.6) is 0 Å². The van der Waals surface area contributed by atoms with Gasteiger partial charge in [-0.1, -0.05) is 17.3 Å². The highest BCUT2D eigenvalue weighted by Crippen LogP contribution is 2.29. The van der Waals surface area contributed by atoms with Crippen molar-refractivity contribution in [3.05, 3.63) is 88.7 Å². The molecule has 4 heterocycles. The highest BCUT2D eigenvalue weighted by atomic mass is 16.5. The van der Waals surface area contributed by atoms with Gasteiger partial charge in [-0.25, -0.2) is 4.98 Å². The fourth-order valence-electron chi connectivity index (χ4n) is 4.62. The van der Waals surface area contributed by atoms with E-state index in [0.29, 0.717) is 48.1 Å². The van der Waals surface area contributed by atoms with E-state index in [1.807, 2.05) is 58.1 Å². The molecule has 1 aromatic carbocycles. The van der Waals surface area contributed by atoms with Crippen LogP contribution in [-0.2, 0) is 6.54 Å². The van der Waals surface area contributed by atoms with Crippen LogP contribution < -0.4 is 5.32 Å². The molecule has 4 aromatic rings. The summed E-state index contributed by atoms with van der Waals surface area (Å²) in [6.07, 6.45) is 7.35. The molecule has 0 radical (unpaired) electrons. The number of fused-ring (bicyclic) bond motifs is 1. The number of carbonyl (C=O) groups excluding carboxylic acids is 2. The first kappa shape index (κ1) is 21.9. The Bertz CT molecular complexity index is 1310. The van der Waals surface area contributed by atoms with Crippen molar-refractivity contribution in [2.24, 2.45) is 0 Å². The average molecular weight is 458 g/mol. The second-order valence-corrected chi connectivity index (χ2v) is 8.80. The van der Waals surface area contributed by atoms with Crippen LogP contribution in [0.1, 0.15) is 62.1 Å². The third-order valence-electron chi connectivity index (χ3n) is 6.59. The van der Waals surface area contributed by atoms with E-state index in [0.717, 1.165) is 24.1 Å². The van der Waals surface area contributed by atoms with Crippen LogP contribution in [0.3, 0.4) is 0 Å². The minimum absolute atomic E-state index is 0.00591. The summed E-state index contributed by atoms with van der Waals surface area (Å²) < 4.78 is 7.08. The highest BCUT2D eigenvalue weighted by molar-refractivity contribution is 5.96. The lowest BCUT2D eigenvalue weighted by atomic mass is 9.88. The number of hydrogen-bond acceptors (Lipinski definition) is 5. The van der Waals surface area contributed by atoms with Crippen LogP contribution >= 0.6 is 0 Å². The van der Waals surface area contributed by atoms with Crippen LogP contribution in [-0.4, -0.2) is 44.3 Å². The van der Waals surface area contributed by atoms with Gasteiger partial charge in [0.2, 0.25) is 0 Å². The zero-order valence-electron chi connectivity index (χ0n) is 19.3. The molecule has 0 aliphatic carbocycles. The summed E-state index contributed by atoms with van der Waals surface area (Å²) in [7, 11) is 0. The largest absolute Gasteiger partial charge is 0.361 e. The van der Waals surface area contributed by atoms with Crippen LogP contribution in [0, 0.1) is 13.8 Å². The Morgan fingerprint density at radius 1 is 1.09 bits per heavy atom. The predicted molar refractivity (Wildman–Crippen MR) is 127 cm³/mol. The van der Waals surface area contributed by atoms with Gasteiger partial charge >= 0.3 is 0 Å². The average Bonchev–Trinajstić information content (AvgIpc) is 3.47. The van der Waals surface area contributed by atoms with Gasteiger partial charge in [0.15, 0.2) is 0 Å². The van der Waals surface area contributed by atoms with Gasteiger partial charge in [0.25, 0.3) is 11.8 Å². The van der Waals surface area contributed by atoms with E-state index in [1.165, 1.54) is 5.56 Å². The normalized spacial score (nSPS) is 14.5. The van der Waals surface area contributed by atoms with Gasteiger partial charge < -0.3 is 19.1 Å². The van der Waals surface area contributed by atoms with E-state index < -0.39 is 0 Å². The first-order valence-corrected chi connectivity index (χ1v) is 11.5. The van der Waals surface area contributed by atoms with Gasteiger partial charge in [-0.2, -0.15) is 0 Å². The molecule has 0 spiro atoms. The lowest BCUT2D eigenvalue weighted by Gasteiger charge is -2.32. The molecular formula is C26H27N5O3. The van der Waals surface area contributed by atoms with E-state index in [9.17, 15) is 9.59 Å². The zero-order chi connectivity index (χ0) is 23.7. The van der Waals surface area contributed by atoms with Gasteiger partial charge in [0.05, 0.1) is 5.69 Å². The molecule has 174 valence electrons. The van der Waals surface area contributed by atoms with Gasteiger partial charge in [-0.3, -0.25) is 9.59 Å². The van der Waals surface area contributed by atoms with E-state index >= 15 is 0 Å². The van der Waals surface area contributed by atoms with Crippen molar-refractivity contribution >= 4 is 17.5 Å². The van der Waals surface area contributed by atoms with E-state index in [2.05, 4.69) is 15.5 Å². The summed E-state index contributed by atoms with van der Waals surface area (Å²) in [6.45, 7) is 5.40. The summed E-state index contributed by atoms with van der Waals surface area (Å²) in [4.78, 5) is 31.6. The number of aryl methyl sites for hydroxylation is 2. The fraction of sp³-hybridized carbons (Fsp3) is 0.308. The van der Waals surface area contributed by atoms with Crippen molar-refractivity contribution in [3.63, 3.8) is 0 Å². The molecule has 2 amide bonds. The Kier molecular flexibility index (Phi) is 5.88. The molecule has 1 aliphatic heterocycles. The van der Waals surface area contributed by atoms with Crippen LogP contribution in [0.15, 0.2) is 59.5 Å². The minimum atomic E-state index is -0.102. The maximum Gasteiger partial charge on any atom is 0.259 e. The Morgan fingerprint density at radius 3 is 2.56 bits per heavy atom. The van der Waals surface area contributed by atoms with Crippen molar-refractivity contribution in [1.29, 1.82) is 0 Å². The van der Waals surface area contributed by atoms with E-state index in [4.69, 9.17) is 4.52 Å². The number of piperidine rings is 1. The number of amides is 2. The standard InChI is InChI=1S/C26H27N5O3/c1-17-24(18(2)34-29-17)26(33)31-12-8-21(9-13-31)20-3-5-22(6-4-20)25(32)28-16-19-7-11-30-14-10-27-23(30)15-19/h3-7,10-11,14-15,21H,8-9,12-13,16H2,1-2H3,(H,28,32). The number of benzene rings is 1. The monoisotopic (exact) mass is 457 g/mol. The zero-order valence-corrected chi connectivity index (χ0v) is 19.3. The summed E-state index contributed by atoms with van der Waals surface area (Å²) in [5.41, 5.74) is 4.92. The van der Waals surface area contributed by atoms with Gasteiger partial charge in [-0.15, -0.1) is 0 Å². The molecule has 0 bridgehead atoms. The lowest BCUT2D eigenvalue weighted by molar-refractivity contribution is 0.0710. The maximum atomic E-state index is 12.9. The smallest absolute Gasteiger partial charge is 0.259 e. The molecule has 8 nitrogen and oxygen atoms in total. The number of imidazole rings is 1. The van der Waals surface area contributed by atoms with Crippen molar-refractivity contribution in [1.82, 2.24) is 24.8 Å². The molecule has 8 heteroatoms. The quantitative estimate of drug-likeness (QED) is 0.491. The Labute approximate surface area is 197 Å². The van der Waals surface area contributed by atoms with Gasteiger partial charge in [0, 0.05) is 43.8 Å². The topological polar surface area (TPSA) is 92.7 Å². The van der Waals surface area contributed by atoms with E-state index in [-0.39, 0.29) is 11.8 Å². The third-order valence-corrected chi connectivity index (χ3v) is 6.59. The van der Waals surface area contributed by atoms with Gasteiger partial charge in [-0.05, 0) is 68.0 Å². The molecular weight excluding hydrogens is 430 g/mol. The first-order chi connectivity index (χ1) is 16.5. The molecule has 1 N–H and O–H groups in total. The molecule has 0 saturated carbocycles. The number of rotatable bonds is 5. The van der Waals surface area contributed by atoms with Crippen molar-refractivity contribution in [3.8, 4) is 0 Å². The molecule has 0 atom stereocenters. The molecule has 34 heavy (non-hydrogen) atoms. The number of pyridine rings is 1. The molecule has 1 saturated heterocycles.